The van der Waals surface area contributed by atoms with Crippen molar-refractivity contribution in [2.45, 2.75) is 18.9 Å². The Bertz CT molecular complexity index is 86.5. The molecule has 0 aromatic carbocycles. The molecule has 0 spiro atoms. The van der Waals surface area contributed by atoms with E-state index in [2.05, 4.69) is 5.32 Å². The second kappa shape index (κ2) is 7.17. The second-order valence-electron chi connectivity index (χ2n) is 2.53. The Balaban J connectivity index is 0.000001000. The maximum atomic E-state index is 5.54. The van der Waals surface area contributed by atoms with Gasteiger partial charge in [-0.2, -0.15) is 0 Å². The lowest BCUT2D eigenvalue weighted by atomic mass is 10.2. The van der Waals surface area contributed by atoms with Crippen molar-refractivity contribution in [3.05, 3.63) is 0 Å². The fourth-order valence-corrected chi connectivity index (χ4v) is 1.26. The van der Waals surface area contributed by atoms with Crippen molar-refractivity contribution in [1.29, 1.82) is 0 Å². The van der Waals surface area contributed by atoms with Crippen LogP contribution in [0, 0.1) is 0 Å². The summed E-state index contributed by atoms with van der Waals surface area (Å²) in [6, 6.07) is 0. The zero-order valence-corrected chi connectivity index (χ0v) is 8.09. The van der Waals surface area contributed by atoms with Crippen LogP contribution in [0.15, 0.2) is 0 Å². The number of hydrogen-bond acceptors (Lipinski definition) is 2. The highest BCUT2D eigenvalue weighted by Crippen LogP contribution is 2.04. The van der Waals surface area contributed by atoms with Gasteiger partial charge in [0, 0.05) is 19.0 Å². The van der Waals surface area contributed by atoms with E-state index >= 15 is 0 Å². The molecule has 0 saturated carbocycles. The first-order valence-electron chi connectivity index (χ1n) is 3.82. The highest BCUT2D eigenvalue weighted by molar-refractivity contribution is 6.17. The highest BCUT2D eigenvalue weighted by atomic mass is 35.5. The first-order chi connectivity index (χ1) is 4.93. The Labute approximate surface area is 79.0 Å². The van der Waals surface area contributed by atoms with E-state index in [1.165, 1.54) is 0 Å². The molecule has 0 amide bonds. The number of nitrogens with one attached hydrogen (secondary N) is 1. The summed E-state index contributed by atoms with van der Waals surface area (Å²) in [5, 5.41) is 3.28. The average molecular weight is 200 g/mol. The summed E-state index contributed by atoms with van der Waals surface area (Å²) in [5.74, 6) is 0.750. The summed E-state index contributed by atoms with van der Waals surface area (Å²) in [6.45, 7) is 2.85. The molecular formula is C7H15Cl2NO. The molecule has 68 valence electrons. The standard InChI is InChI=1S/C7H14ClNO.ClH/c8-3-1-2-7-6-9-4-5-10-7;/h7,9H,1-6H2;1H. The van der Waals surface area contributed by atoms with E-state index in [4.69, 9.17) is 16.3 Å². The van der Waals surface area contributed by atoms with Crippen LogP contribution < -0.4 is 5.32 Å². The molecule has 4 heteroatoms. The van der Waals surface area contributed by atoms with Crippen LogP contribution in [0.25, 0.3) is 0 Å². The van der Waals surface area contributed by atoms with Crippen molar-refractivity contribution in [1.82, 2.24) is 5.32 Å². The summed E-state index contributed by atoms with van der Waals surface area (Å²) >= 11 is 5.54. The van der Waals surface area contributed by atoms with E-state index in [-0.39, 0.29) is 12.4 Å². The molecule has 1 aliphatic heterocycles. The van der Waals surface area contributed by atoms with E-state index in [1.807, 2.05) is 0 Å². The third-order valence-electron chi connectivity index (χ3n) is 1.66. The molecular weight excluding hydrogens is 185 g/mol. The van der Waals surface area contributed by atoms with Crippen LogP contribution in [0.1, 0.15) is 12.8 Å². The van der Waals surface area contributed by atoms with Crippen LogP contribution in [0.4, 0.5) is 0 Å². The first kappa shape index (κ1) is 11.5. The minimum absolute atomic E-state index is 0. The summed E-state index contributed by atoms with van der Waals surface area (Å²) < 4.78 is 5.46. The Hall–Kier alpha value is 0.500. The van der Waals surface area contributed by atoms with Crippen molar-refractivity contribution in [2.75, 3.05) is 25.6 Å². The van der Waals surface area contributed by atoms with E-state index < -0.39 is 0 Å². The van der Waals surface area contributed by atoms with Crippen molar-refractivity contribution in [3.63, 3.8) is 0 Å². The molecule has 0 aliphatic carbocycles. The number of morpholine rings is 1. The number of alkyl halides is 1. The van der Waals surface area contributed by atoms with Crippen molar-refractivity contribution >= 4 is 24.0 Å². The maximum Gasteiger partial charge on any atom is 0.0700 e. The van der Waals surface area contributed by atoms with Crippen LogP contribution in [0.5, 0.6) is 0 Å². The Morgan fingerprint density at radius 1 is 1.55 bits per heavy atom. The number of hydrogen-bond donors (Lipinski definition) is 1. The van der Waals surface area contributed by atoms with Gasteiger partial charge in [0.25, 0.3) is 0 Å². The molecule has 0 aromatic rings. The average Bonchev–Trinajstić information content (AvgIpc) is 2.03. The molecule has 1 unspecified atom stereocenters. The Morgan fingerprint density at radius 2 is 2.36 bits per heavy atom. The molecule has 1 fully saturated rings. The normalized spacial score (nSPS) is 24.3. The van der Waals surface area contributed by atoms with Gasteiger partial charge in [-0.3, -0.25) is 0 Å². The summed E-state index contributed by atoms with van der Waals surface area (Å²) in [7, 11) is 0. The lowest BCUT2D eigenvalue weighted by molar-refractivity contribution is 0.0233. The third-order valence-corrected chi connectivity index (χ3v) is 1.93. The van der Waals surface area contributed by atoms with Gasteiger partial charge < -0.3 is 10.1 Å². The molecule has 1 saturated heterocycles. The predicted molar refractivity (Wildman–Crippen MR) is 49.8 cm³/mol. The quantitative estimate of drug-likeness (QED) is 0.695. The molecule has 0 bridgehead atoms. The number of rotatable bonds is 3. The summed E-state index contributed by atoms with van der Waals surface area (Å²) in [6.07, 6.45) is 2.57. The van der Waals surface area contributed by atoms with Gasteiger partial charge in [0.1, 0.15) is 0 Å². The SMILES string of the molecule is Cl.ClCCCC1CNCCO1. The van der Waals surface area contributed by atoms with Crippen molar-refractivity contribution < 1.29 is 4.74 Å². The van der Waals surface area contributed by atoms with E-state index in [9.17, 15) is 0 Å². The smallest absolute Gasteiger partial charge is 0.0700 e. The minimum atomic E-state index is 0. The molecule has 0 radical (unpaired) electrons. The topological polar surface area (TPSA) is 21.3 Å². The molecule has 0 aromatic heterocycles. The van der Waals surface area contributed by atoms with Gasteiger partial charge in [-0.05, 0) is 12.8 Å². The molecule has 1 heterocycles. The van der Waals surface area contributed by atoms with Gasteiger partial charge in [0.2, 0.25) is 0 Å². The molecule has 2 nitrogen and oxygen atoms in total. The van der Waals surface area contributed by atoms with Gasteiger partial charge >= 0.3 is 0 Å². The fraction of sp³-hybridized carbons (Fsp3) is 1.00. The zero-order valence-electron chi connectivity index (χ0n) is 6.51. The van der Waals surface area contributed by atoms with E-state index in [0.29, 0.717) is 6.10 Å². The fourth-order valence-electron chi connectivity index (χ4n) is 1.11. The maximum absolute atomic E-state index is 5.54. The largest absolute Gasteiger partial charge is 0.376 e. The second-order valence-corrected chi connectivity index (χ2v) is 2.91. The number of ether oxygens (including phenoxy) is 1. The Morgan fingerprint density at radius 3 is 2.91 bits per heavy atom. The summed E-state index contributed by atoms with van der Waals surface area (Å²) in [4.78, 5) is 0. The Kier molecular flexibility index (Phi) is 7.49. The van der Waals surface area contributed by atoms with Gasteiger partial charge in [0.05, 0.1) is 12.7 Å². The highest BCUT2D eigenvalue weighted by Gasteiger charge is 2.11. The molecule has 1 atom stereocenters. The van der Waals surface area contributed by atoms with Gasteiger partial charge in [0.15, 0.2) is 0 Å². The van der Waals surface area contributed by atoms with E-state index in [0.717, 1.165) is 38.4 Å². The zero-order chi connectivity index (χ0) is 7.23. The van der Waals surface area contributed by atoms with Crippen LogP contribution in [-0.2, 0) is 4.74 Å². The number of halogens is 2. The van der Waals surface area contributed by atoms with Gasteiger partial charge in [-0.15, -0.1) is 24.0 Å². The van der Waals surface area contributed by atoms with Gasteiger partial charge in [-0.25, -0.2) is 0 Å². The van der Waals surface area contributed by atoms with Gasteiger partial charge in [-0.1, -0.05) is 0 Å². The van der Waals surface area contributed by atoms with Crippen LogP contribution in [0.3, 0.4) is 0 Å². The van der Waals surface area contributed by atoms with Crippen molar-refractivity contribution in [2.24, 2.45) is 0 Å². The minimum Gasteiger partial charge on any atom is -0.376 e. The van der Waals surface area contributed by atoms with Crippen molar-refractivity contribution in [3.8, 4) is 0 Å². The first-order valence-corrected chi connectivity index (χ1v) is 4.35. The van der Waals surface area contributed by atoms with Crippen LogP contribution >= 0.6 is 24.0 Å². The van der Waals surface area contributed by atoms with Crippen LogP contribution in [-0.4, -0.2) is 31.7 Å². The lowest BCUT2D eigenvalue weighted by Crippen LogP contribution is -2.38. The lowest BCUT2D eigenvalue weighted by Gasteiger charge is -2.22. The predicted octanol–water partition coefficient (Wildman–Crippen LogP) is 1.42. The summed E-state index contributed by atoms with van der Waals surface area (Å²) in [5.41, 5.74) is 0. The molecule has 11 heavy (non-hydrogen) atoms. The molecule has 1 rings (SSSR count). The molecule has 1 aliphatic rings. The monoisotopic (exact) mass is 199 g/mol. The van der Waals surface area contributed by atoms with Crippen LogP contribution in [0.2, 0.25) is 0 Å². The van der Waals surface area contributed by atoms with E-state index in [1.54, 1.807) is 0 Å². The molecule has 1 N–H and O–H groups in total. The third kappa shape index (κ3) is 4.86.